The van der Waals surface area contributed by atoms with Gasteiger partial charge in [-0.25, -0.2) is 4.98 Å². The van der Waals surface area contributed by atoms with E-state index in [0.717, 1.165) is 15.3 Å². The molecule has 0 bridgehead atoms. The Morgan fingerprint density at radius 2 is 2.17 bits per heavy atom. The summed E-state index contributed by atoms with van der Waals surface area (Å²) in [5.41, 5.74) is 1.86. The molecule has 0 spiro atoms. The number of nitriles is 1. The van der Waals surface area contributed by atoms with E-state index in [0.29, 0.717) is 5.56 Å². The van der Waals surface area contributed by atoms with Crippen molar-refractivity contribution in [3.63, 3.8) is 0 Å². The van der Waals surface area contributed by atoms with Gasteiger partial charge in [0.05, 0.1) is 21.6 Å². The Kier molecular flexibility index (Phi) is 4.48. The number of halogens is 1. The van der Waals surface area contributed by atoms with Gasteiger partial charge in [-0.3, -0.25) is 0 Å². The van der Waals surface area contributed by atoms with Gasteiger partial charge in [0, 0.05) is 12.6 Å². The van der Waals surface area contributed by atoms with Crippen molar-refractivity contribution in [1.82, 2.24) is 10.3 Å². The minimum Gasteiger partial charge on any atom is -0.304 e. The molecule has 0 aliphatic rings. The van der Waals surface area contributed by atoms with Gasteiger partial charge in [-0.1, -0.05) is 12.1 Å². The van der Waals surface area contributed by atoms with Gasteiger partial charge in [0.25, 0.3) is 0 Å². The van der Waals surface area contributed by atoms with Crippen molar-refractivity contribution in [1.29, 1.82) is 5.26 Å². The van der Waals surface area contributed by atoms with Crippen LogP contribution in [-0.2, 0) is 6.54 Å². The number of aromatic nitrogens is 1. The molecule has 5 heteroatoms. The second-order valence-corrected chi connectivity index (χ2v) is 6.39. The fourth-order valence-corrected chi connectivity index (χ4v) is 2.83. The van der Waals surface area contributed by atoms with Gasteiger partial charge in [-0.05, 0) is 40.5 Å². The molecule has 0 fully saturated rings. The first-order chi connectivity index (χ1) is 8.69. The van der Waals surface area contributed by atoms with E-state index < -0.39 is 0 Å². The zero-order valence-corrected chi connectivity index (χ0v) is 12.3. The van der Waals surface area contributed by atoms with Crippen LogP contribution in [-0.4, -0.2) is 4.98 Å². The first-order valence-corrected chi connectivity index (χ1v) is 7.13. The van der Waals surface area contributed by atoms with Crippen molar-refractivity contribution < 1.29 is 0 Å². The highest BCUT2D eigenvalue weighted by molar-refractivity contribution is 9.11. The maximum atomic E-state index is 8.74. The average Bonchev–Trinajstić information content (AvgIpc) is 2.82. The molecular formula is C13H12BrN3S. The van der Waals surface area contributed by atoms with Crippen LogP contribution >= 0.6 is 27.3 Å². The molecule has 0 saturated carbocycles. The van der Waals surface area contributed by atoms with Crippen molar-refractivity contribution in [2.24, 2.45) is 0 Å². The van der Waals surface area contributed by atoms with Crippen molar-refractivity contribution in [3.05, 3.63) is 50.4 Å². The highest BCUT2D eigenvalue weighted by Gasteiger charge is 2.06. The summed E-state index contributed by atoms with van der Waals surface area (Å²) in [6, 6.07) is 10.00. The second kappa shape index (κ2) is 6.10. The maximum Gasteiger partial charge on any atom is 0.107 e. The predicted octanol–water partition coefficient (Wildman–Crippen LogP) is 3.63. The largest absolute Gasteiger partial charge is 0.304 e. The van der Waals surface area contributed by atoms with E-state index in [4.69, 9.17) is 5.26 Å². The Morgan fingerprint density at radius 3 is 2.72 bits per heavy atom. The zero-order valence-electron chi connectivity index (χ0n) is 9.85. The molecular weight excluding hydrogens is 310 g/mol. The molecule has 0 saturated heterocycles. The third kappa shape index (κ3) is 3.39. The number of benzene rings is 1. The smallest absolute Gasteiger partial charge is 0.107 e. The van der Waals surface area contributed by atoms with E-state index in [1.165, 1.54) is 5.56 Å². The number of nitrogens with zero attached hydrogens (tertiary/aromatic N) is 2. The molecule has 1 N–H and O–H groups in total. The number of hydrogen-bond acceptors (Lipinski definition) is 4. The van der Waals surface area contributed by atoms with Crippen LogP contribution in [0.1, 0.15) is 29.1 Å². The lowest BCUT2D eigenvalue weighted by atomic mass is 10.1. The summed E-state index contributed by atoms with van der Waals surface area (Å²) in [6.07, 6.45) is 1.81. The predicted molar refractivity (Wildman–Crippen MR) is 76.2 cm³/mol. The van der Waals surface area contributed by atoms with Crippen LogP contribution in [0.5, 0.6) is 0 Å². The Balaban J connectivity index is 1.95. The summed E-state index contributed by atoms with van der Waals surface area (Å²) in [5, 5.41) is 13.2. The molecule has 0 aliphatic carbocycles. The van der Waals surface area contributed by atoms with E-state index in [-0.39, 0.29) is 6.04 Å². The van der Waals surface area contributed by atoms with Crippen LogP contribution in [0, 0.1) is 11.3 Å². The van der Waals surface area contributed by atoms with Crippen LogP contribution in [0.25, 0.3) is 0 Å². The monoisotopic (exact) mass is 321 g/mol. The average molecular weight is 322 g/mol. The van der Waals surface area contributed by atoms with Gasteiger partial charge < -0.3 is 5.32 Å². The fraction of sp³-hybridized carbons (Fsp3) is 0.231. The number of rotatable bonds is 4. The van der Waals surface area contributed by atoms with E-state index >= 15 is 0 Å². The Hall–Kier alpha value is -1.22. The molecule has 1 aromatic heterocycles. The van der Waals surface area contributed by atoms with Crippen molar-refractivity contribution >= 4 is 27.3 Å². The van der Waals surface area contributed by atoms with E-state index in [2.05, 4.69) is 39.2 Å². The van der Waals surface area contributed by atoms with Crippen LogP contribution < -0.4 is 5.32 Å². The standard InChI is InChI=1S/C13H12BrN3S/c1-9(11-4-2-10(6-15)3-5-11)16-8-13-17-7-12(14)18-13/h2-5,7,9,16H,8H2,1H3/t9-/m0/s1. The van der Waals surface area contributed by atoms with Gasteiger partial charge in [0.15, 0.2) is 0 Å². The van der Waals surface area contributed by atoms with Gasteiger partial charge in [-0.2, -0.15) is 5.26 Å². The summed E-state index contributed by atoms with van der Waals surface area (Å²) in [5.74, 6) is 0. The van der Waals surface area contributed by atoms with E-state index in [1.54, 1.807) is 11.3 Å². The molecule has 1 atom stereocenters. The second-order valence-electron chi connectivity index (χ2n) is 3.89. The van der Waals surface area contributed by atoms with E-state index in [9.17, 15) is 0 Å². The molecule has 92 valence electrons. The summed E-state index contributed by atoms with van der Waals surface area (Å²) in [4.78, 5) is 4.27. The lowest BCUT2D eigenvalue weighted by Crippen LogP contribution is -2.17. The molecule has 1 aromatic carbocycles. The van der Waals surface area contributed by atoms with Crippen LogP contribution in [0.2, 0.25) is 0 Å². The van der Waals surface area contributed by atoms with Gasteiger partial charge >= 0.3 is 0 Å². The Morgan fingerprint density at radius 1 is 1.44 bits per heavy atom. The molecule has 1 heterocycles. The quantitative estimate of drug-likeness (QED) is 0.935. The lowest BCUT2D eigenvalue weighted by molar-refractivity contribution is 0.573. The zero-order chi connectivity index (χ0) is 13.0. The normalized spacial score (nSPS) is 12.1. The van der Waals surface area contributed by atoms with Crippen LogP contribution in [0.3, 0.4) is 0 Å². The Labute approximate surface area is 119 Å². The molecule has 2 rings (SSSR count). The highest BCUT2D eigenvalue weighted by Crippen LogP contribution is 2.20. The van der Waals surface area contributed by atoms with Crippen LogP contribution in [0.4, 0.5) is 0 Å². The minimum absolute atomic E-state index is 0.236. The van der Waals surface area contributed by atoms with Crippen molar-refractivity contribution in [2.45, 2.75) is 19.5 Å². The highest BCUT2D eigenvalue weighted by atomic mass is 79.9. The summed E-state index contributed by atoms with van der Waals surface area (Å²) < 4.78 is 1.05. The van der Waals surface area contributed by atoms with Gasteiger partial charge in [0.2, 0.25) is 0 Å². The maximum absolute atomic E-state index is 8.74. The first kappa shape index (κ1) is 13.2. The molecule has 18 heavy (non-hydrogen) atoms. The number of thiazole rings is 1. The topological polar surface area (TPSA) is 48.7 Å². The number of hydrogen-bond donors (Lipinski definition) is 1. The fourth-order valence-electron chi connectivity index (χ4n) is 1.57. The molecule has 0 aliphatic heterocycles. The van der Waals surface area contributed by atoms with Gasteiger partial charge in [0.1, 0.15) is 5.01 Å². The Bertz CT molecular complexity index is 556. The molecule has 0 amide bonds. The minimum atomic E-state index is 0.236. The molecule has 0 unspecified atom stereocenters. The van der Waals surface area contributed by atoms with Crippen molar-refractivity contribution in [3.8, 4) is 6.07 Å². The molecule has 2 aromatic rings. The molecule has 3 nitrogen and oxygen atoms in total. The lowest BCUT2D eigenvalue weighted by Gasteiger charge is -2.13. The first-order valence-electron chi connectivity index (χ1n) is 5.52. The SMILES string of the molecule is C[C@H](NCc1ncc(Br)s1)c1ccc(C#N)cc1. The number of nitrogens with one attached hydrogen (secondary N) is 1. The third-order valence-corrected chi connectivity index (χ3v) is 4.10. The van der Waals surface area contributed by atoms with E-state index in [1.807, 2.05) is 30.5 Å². The van der Waals surface area contributed by atoms with Crippen molar-refractivity contribution in [2.75, 3.05) is 0 Å². The summed E-state index contributed by atoms with van der Waals surface area (Å²) >= 11 is 5.03. The van der Waals surface area contributed by atoms with Crippen LogP contribution in [0.15, 0.2) is 34.2 Å². The summed E-state index contributed by atoms with van der Waals surface area (Å²) in [6.45, 7) is 2.85. The third-order valence-electron chi connectivity index (χ3n) is 2.62. The molecule has 0 radical (unpaired) electrons. The summed E-state index contributed by atoms with van der Waals surface area (Å²) in [7, 11) is 0. The van der Waals surface area contributed by atoms with Gasteiger partial charge in [-0.15, -0.1) is 11.3 Å².